The summed E-state index contributed by atoms with van der Waals surface area (Å²) in [7, 11) is 0. The number of carbonyl (C=O) groups excluding carboxylic acids is 2. The first-order valence-electron chi connectivity index (χ1n) is 8.51. The first-order valence-corrected chi connectivity index (χ1v) is 8.51. The smallest absolute Gasteiger partial charge is 0.178 e. The van der Waals surface area contributed by atoms with Crippen LogP contribution in [0.3, 0.4) is 0 Å². The molecule has 5 rings (SSSR count). The Balaban J connectivity index is 1.77. The lowest BCUT2D eigenvalue weighted by atomic mass is 9.78. The molecule has 0 bridgehead atoms. The quantitative estimate of drug-likeness (QED) is 0.653. The molecule has 3 aromatic carbocycles. The lowest BCUT2D eigenvalue weighted by Gasteiger charge is -2.22. The molecule has 0 saturated heterocycles. The van der Waals surface area contributed by atoms with Crippen molar-refractivity contribution in [1.82, 2.24) is 0 Å². The van der Waals surface area contributed by atoms with Gasteiger partial charge in [-0.15, -0.1) is 0 Å². The van der Waals surface area contributed by atoms with Crippen molar-refractivity contribution >= 4 is 11.6 Å². The Morgan fingerprint density at radius 2 is 0.920 bits per heavy atom. The van der Waals surface area contributed by atoms with Crippen LogP contribution >= 0.6 is 0 Å². The van der Waals surface area contributed by atoms with Crippen molar-refractivity contribution in [3.63, 3.8) is 0 Å². The van der Waals surface area contributed by atoms with Crippen LogP contribution in [0.1, 0.15) is 38.3 Å². The fourth-order valence-corrected chi connectivity index (χ4v) is 4.65. The van der Waals surface area contributed by atoms with E-state index in [1.807, 2.05) is 72.8 Å². The van der Waals surface area contributed by atoms with E-state index in [0.717, 1.165) is 11.1 Å². The molecule has 0 aromatic heterocycles. The molecule has 1 fully saturated rings. The molecule has 3 aromatic rings. The number of hydrogen-bond donors (Lipinski definition) is 0. The molecular formula is C23H16O2. The summed E-state index contributed by atoms with van der Waals surface area (Å²) >= 11 is 0. The zero-order valence-corrected chi connectivity index (χ0v) is 13.6. The molecule has 2 aliphatic rings. The van der Waals surface area contributed by atoms with Crippen LogP contribution in [0.2, 0.25) is 0 Å². The summed E-state index contributed by atoms with van der Waals surface area (Å²) in [5.74, 6) is -0.0541. The van der Waals surface area contributed by atoms with E-state index in [2.05, 4.69) is 0 Å². The molecule has 0 radical (unpaired) electrons. The molecule has 0 unspecified atom stereocenters. The zero-order valence-electron chi connectivity index (χ0n) is 13.6. The summed E-state index contributed by atoms with van der Waals surface area (Å²) in [6.07, 6.45) is 0.542. The molecule has 0 aliphatic heterocycles. The van der Waals surface area contributed by atoms with Gasteiger partial charge in [-0.2, -0.15) is 0 Å². The second-order valence-corrected chi connectivity index (χ2v) is 6.92. The zero-order chi connectivity index (χ0) is 17.1. The highest BCUT2D eigenvalue weighted by Crippen LogP contribution is 2.72. The number of rotatable bonds is 2. The van der Waals surface area contributed by atoms with Gasteiger partial charge in [0.2, 0.25) is 0 Å². The maximum atomic E-state index is 13.3. The highest BCUT2D eigenvalue weighted by molar-refractivity contribution is 6.33. The highest BCUT2D eigenvalue weighted by Gasteiger charge is 2.79. The van der Waals surface area contributed by atoms with E-state index in [-0.39, 0.29) is 11.6 Å². The monoisotopic (exact) mass is 324 g/mol. The fourth-order valence-electron chi connectivity index (χ4n) is 4.65. The molecule has 0 heterocycles. The second-order valence-electron chi connectivity index (χ2n) is 6.92. The van der Waals surface area contributed by atoms with E-state index in [0.29, 0.717) is 17.5 Å². The minimum Gasteiger partial charge on any atom is -0.293 e. The van der Waals surface area contributed by atoms with Gasteiger partial charge < -0.3 is 0 Å². The first-order chi connectivity index (χ1) is 12.2. The van der Waals surface area contributed by atoms with Gasteiger partial charge in [0.25, 0.3) is 0 Å². The molecule has 120 valence electrons. The molecule has 1 spiro atoms. The number of benzene rings is 3. The molecule has 0 atom stereocenters. The largest absolute Gasteiger partial charge is 0.293 e. The summed E-state index contributed by atoms with van der Waals surface area (Å²) in [5.41, 5.74) is 1.66. The Kier molecular flexibility index (Phi) is 2.73. The van der Waals surface area contributed by atoms with Gasteiger partial charge in [0.1, 0.15) is 5.41 Å². The van der Waals surface area contributed by atoms with Gasteiger partial charge in [0, 0.05) is 16.5 Å². The normalized spacial score (nSPS) is 19.0. The SMILES string of the molecule is O=C1c2ccccc2C(=O)C12CC2(c1ccccc1)c1ccccc1. The predicted octanol–water partition coefficient (Wildman–Crippen LogP) is 4.44. The van der Waals surface area contributed by atoms with Crippen molar-refractivity contribution in [2.24, 2.45) is 5.41 Å². The Labute approximate surface area is 146 Å². The van der Waals surface area contributed by atoms with E-state index in [1.54, 1.807) is 12.1 Å². The van der Waals surface area contributed by atoms with Crippen LogP contribution in [0.4, 0.5) is 0 Å². The van der Waals surface area contributed by atoms with Crippen molar-refractivity contribution < 1.29 is 9.59 Å². The number of fused-ring (bicyclic) bond motifs is 1. The van der Waals surface area contributed by atoms with E-state index in [1.165, 1.54) is 0 Å². The highest BCUT2D eigenvalue weighted by atomic mass is 16.2. The third kappa shape index (κ3) is 1.59. The Bertz CT molecular complexity index is 928. The van der Waals surface area contributed by atoms with Gasteiger partial charge in [-0.05, 0) is 17.5 Å². The van der Waals surface area contributed by atoms with Gasteiger partial charge >= 0.3 is 0 Å². The number of carbonyl (C=O) groups is 2. The van der Waals surface area contributed by atoms with E-state index >= 15 is 0 Å². The lowest BCUT2D eigenvalue weighted by Crippen LogP contribution is -2.29. The standard InChI is InChI=1S/C23H16O2/c24-20-18-13-7-8-14-19(18)21(25)23(20)15-22(23,16-9-3-1-4-10-16)17-11-5-2-6-12-17/h1-14H,15H2. The summed E-state index contributed by atoms with van der Waals surface area (Å²) in [4.78, 5) is 26.7. The van der Waals surface area contributed by atoms with Crippen LogP contribution in [0.15, 0.2) is 84.9 Å². The van der Waals surface area contributed by atoms with Gasteiger partial charge in [-0.3, -0.25) is 9.59 Å². The Morgan fingerprint density at radius 3 is 1.36 bits per heavy atom. The number of hydrogen-bond acceptors (Lipinski definition) is 2. The third-order valence-electron chi connectivity index (χ3n) is 5.86. The van der Waals surface area contributed by atoms with Crippen LogP contribution in [0.25, 0.3) is 0 Å². The van der Waals surface area contributed by atoms with Crippen molar-refractivity contribution in [2.75, 3.05) is 0 Å². The topological polar surface area (TPSA) is 34.1 Å². The van der Waals surface area contributed by atoms with Crippen molar-refractivity contribution in [3.05, 3.63) is 107 Å². The summed E-state index contributed by atoms with van der Waals surface area (Å²) < 4.78 is 0. The van der Waals surface area contributed by atoms with Crippen LogP contribution in [0, 0.1) is 5.41 Å². The van der Waals surface area contributed by atoms with Crippen LogP contribution in [-0.4, -0.2) is 11.6 Å². The van der Waals surface area contributed by atoms with Gasteiger partial charge in [0.05, 0.1) is 0 Å². The molecule has 2 nitrogen and oxygen atoms in total. The van der Waals surface area contributed by atoms with Crippen molar-refractivity contribution in [1.29, 1.82) is 0 Å². The van der Waals surface area contributed by atoms with Crippen LogP contribution in [0.5, 0.6) is 0 Å². The average Bonchev–Trinajstić information content (AvgIpc) is 3.36. The van der Waals surface area contributed by atoms with E-state index in [9.17, 15) is 9.59 Å². The fraction of sp³-hybridized carbons (Fsp3) is 0.130. The maximum absolute atomic E-state index is 13.3. The van der Waals surface area contributed by atoms with Crippen molar-refractivity contribution in [3.8, 4) is 0 Å². The Hall–Kier alpha value is -3.00. The number of Topliss-reactive ketones (excluding diaryl/α,β-unsaturated/α-hetero) is 2. The minimum absolute atomic E-state index is 0.0270. The second kappa shape index (κ2) is 4.76. The molecule has 1 saturated carbocycles. The average molecular weight is 324 g/mol. The summed E-state index contributed by atoms with van der Waals surface area (Å²) in [6, 6.07) is 27.2. The summed E-state index contributed by atoms with van der Waals surface area (Å²) in [5, 5.41) is 0. The maximum Gasteiger partial charge on any atom is 0.178 e. The molecule has 2 heteroatoms. The molecule has 0 amide bonds. The van der Waals surface area contributed by atoms with Crippen molar-refractivity contribution in [2.45, 2.75) is 11.8 Å². The van der Waals surface area contributed by atoms with E-state index < -0.39 is 10.8 Å². The minimum atomic E-state index is -0.987. The van der Waals surface area contributed by atoms with Gasteiger partial charge in [-0.1, -0.05) is 84.9 Å². The Morgan fingerprint density at radius 1 is 0.520 bits per heavy atom. The molecule has 25 heavy (non-hydrogen) atoms. The van der Waals surface area contributed by atoms with E-state index in [4.69, 9.17) is 0 Å². The molecular weight excluding hydrogens is 308 g/mol. The predicted molar refractivity (Wildman–Crippen MR) is 95.8 cm³/mol. The summed E-state index contributed by atoms with van der Waals surface area (Å²) in [6.45, 7) is 0. The third-order valence-corrected chi connectivity index (χ3v) is 5.86. The number of ketones is 2. The lowest BCUT2D eigenvalue weighted by molar-refractivity contribution is 0.0797. The first kappa shape index (κ1) is 14.4. The van der Waals surface area contributed by atoms with Gasteiger partial charge in [-0.25, -0.2) is 0 Å². The van der Waals surface area contributed by atoms with Crippen LogP contribution < -0.4 is 0 Å². The molecule has 2 aliphatic carbocycles. The molecule has 0 N–H and O–H groups in total. The van der Waals surface area contributed by atoms with Gasteiger partial charge in [0.15, 0.2) is 11.6 Å². The van der Waals surface area contributed by atoms with Crippen LogP contribution in [-0.2, 0) is 5.41 Å².